The standard InChI is InChI=1S/C16H27N3O3/c1-10-7-6-8-12(11(10)2)17-13(20)9-19-14(21)16(3,4)18(5)15(19)22/h10-12H,6-9H2,1-5H3,(H,17,20). The molecule has 0 radical (unpaired) electrons. The fraction of sp³-hybridized carbons (Fsp3) is 0.812. The Labute approximate surface area is 132 Å². The molecule has 1 aliphatic carbocycles. The Kier molecular flexibility index (Phi) is 4.49. The smallest absolute Gasteiger partial charge is 0.327 e. The molecule has 0 aromatic rings. The first-order valence-corrected chi connectivity index (χ1v) is 8.05. The van der Waals surface area contributed by atoms with Crippen molar-refractivity contribution in [2.45, 2.75) is 58.5 Å². The Balaban J connectivity index is 1.98. The molecule has 1 N–H and O–H groups in total. The van der Waals surface area contributed by atoms with Gasteiger partial charge in [0.1, 0.15) is 12.1 Å². The van der Waals surface area contributed by atoms with E-state index in [1.165, 1.54) is 11.3 Å². The second kappa shape index (κ2) is 5.89. The Morgan fingerprint density at radius 1 is 1.27 bits per heavy atom. The van der Waals surface area contributed by atoms with E-state index >= 15 is 0 Å². The Bertz CT molecular complexity index is 489. The molecule has 3 unspecified atom stereocenters. The van der Waals surface area contributed by atoms with Gasteiger partial charge < -0.3 is 10.2 Å². The van der Waals surface area contributed by atoms with Crippen LogP contribution >= 0.6 is 0 Å². The average Bonchev–Trinajstić information content (AvgIpc) is 2.59. The molecule has 1 aliphatic heterocycles. The summed E-state index contributed by atoms with van der Waals surface area (Å²) in [6.07, 6.45) is 3.26. The minimum absolute atomic E-state index is 0.134. The molecule has 2 aliphatic rings. The van der Waals surface area contributed by atoms with Crippen molar-refractivity contribution in [2.24, 2.45) is 11.8 Å². The van der Waals surface area contributed by atoms with Crippen LogP contribution in [0.5, 0.6) is 0 Å². The largest absolute Gasteiger partial charge is 0.352 e. The summed E-state index contributed by atoms with van der Waals surface area (Å²) in [7, 11) is 1.59. The van der Waals surface area contributed by atoms with Crippen LogP contribution in [0.25, 0.3) is 0 Å². The fourth-order valence-electron chi connectivity index (χ4n) is 3.30. The topological polar surface area (TPSA) is 69.7 Å². The summed E-state index contributed by atoms with van der Waals surface area (Å²) >= 11 is 0. The van der Waals surface area contributed by atoms with Crippen LogP contribution in [0, 0.1) is 11.8 Å². The van der Waals surface area contributed by atoms with Crippen molar-refractivity contribution in [3.05, 3.63) is 0 Å². The molecular formula is C16H27N3O3. The van der Waals surface area contributed by atoms with E-state index in [-0.39, 0.29) is 24.4 Å². The maximum absolute atomic E-state index is 12.3. The van der Waals surface area contributed by atoms with Gasteiger partial charge in [0.05, 0.1) is 0 Å². The molecule has 1 heterocycles. The van der Waals surface area contributed by atoms with Crippen LogP contribution in [0.1, 0.15) is 47.0 Å². The van der Waals surface area contributed by atoms with E-state index in [0.717, 1.165) is 17.7 Å². The number of carbonyl (C=O) groups excluding carboxylic acids is 3. The molecule has 6 heteroatoms. The molecule has 0 aromatic carbocycles. The van der Waals surface area contributed by atoms with Crippen LogP contribution in [0.15, 0.2) is 0 Å². The highest BCUT2D eigenvalue weighted by atomic mass is 16.2. The SMILES string of the molecule is CC1CCCC(NC(=O)CN2C(=O)N(C)C(C)(C)C2=O)C1C. The van der Waals surface area contributed by atoms with Crippen LogP contribution in [0.3, 0.4) is 0 Å². The number of hydrogen-bond acceptors (Lipinski definition) is 3. The lowest BCUT2D eigenvalue weighted by Gasteiger charge is -2.34. The molecule has 1 saturated carbocycles. The molecule has 6 nitrogen and oxygen atoms in total. The van der Waals surface area contributed by atoms with Crippen molar-refractivity contribution in [2.75, 3.05) is 13.6 Å². The van der Waals surface area contributed by atoms with Gasteiger partial charge >= 0.3 is 6.03 Å². The van der Waals surface area contributed by atoms with Crippen molar-refractivity contribution in [1.29, 1.82) is 0 Å². The van der Waals surface area contributed by atoms with Gasteiger partial charge in [-0.1, -0.05) is 26.7 Å². The predicted octanol–water partition coefficient (Wildman–Crippen LogP) is 1.60. The zero-order valence-electron chi connectivity index (χ0n) is 14.2. The van der Waals surface area contributed by atoms with Crippen molar-refractivity contribution in [3.63, 3.8) is 0 Å². The minimum Gasteiger partial charge on any atom is -0.352 e. The molecule has 4 amide bonds. The van der Waals surface area contributed by atoms with E-state index in [2.05, 4.69) is 19.2 Å². The minimum atomic E-state index is -0.885. The number of nitrogens with one attached hydrogen (secondary N) is 1. The van der Waals surface area contributed by atoms with Crippen LogP contribution in [0.4, 0.5) is 4.79 Å². The summed E-state index contributed by atoms with van der Waals surface area (Å²) in [4.78, 5) is 39.1. The first kappa shape index (κ1) is 16.8. The highest BCUT2D eigenvalue weighted by Crippen LogP contribution is 2.30. The van der Waals surface area contributed by atoms with Gasteiger partial charge in [-0.3, -0.25) is 14.5 Å². The molecule has 22 heavy (non-hydrogen) atoms. The van der Waals surface area contributed by atoms with Crippen LogP contribution in [-0.4, -0.2) is 52.8 Å². The quantitative estimate of drug-likeness (QED) is 0.805. The molecule has 0 bridgehead atoms. The summed E-state index contributed by atoms with van der Waals surface area (Å²) in [5.41, 5.74) is -0.885. The lowest BCUT2D eigenvalue weighted by molar-refractivity contribution is -0.135. The lowest BCUT2D eigenvalue weighted by Crippen LogP contribution is -2.48. The van der Waals surface area contributed by atoms with E-state index in [1.807, 2.05) is 0 Å². The number of nitrogens with zero attached hydrogens (tertiary/aromatic N) is 2. The summed E-state index contributed by atoms with van der Waals surface area (Å²) in [5, 5.41) is 3.01. The number of likely N-dealkylation sites (N-methyl/N-ethyl adjacent to an activating group) is 1. The second-order valence-electron chi connectivity index (χ2n) is 7.23. The van der Waals surface area contributed by atoms with Crippen LogP contribution < -0.4 is 5.32 Å². The first-order chi connectivity index (χ1) is 10.2. The maximum atomic E-state index is 12.3. The van der Waals surface area contributed by atoms with Crippen LogP contribution in [0.2, 0.25) is 0 Å². The third kappa shape index (κ3) is 2.83. The van der Waals surface area contributed by atoms with Gasteiger partial charge in [-0.05, 0) is 32.1 Å². The van der Waals surface area contributed by atoms with Crippen LogP contribution in [-0.2, 0) is 9.59 Å². The number of carbonyl (C=O) groups is 3. The van der Waals surface area contributed by atoms with E-state index in [4.69, 9.17) is 0 Å². The molecule has 0 spiro atoms. The average molecular weight is 309 g/mol. The molecule has 3 atom stereocenters. The molecule has 124 valence electrons. The predicted molar refractivity (Wildman–Crippen MR) is 83.1 cm³/mol. The summed E-state index contributed by atoms with van der Waals surface area (Å²) in [6, 6.07) is -0.273. The van der Waals surface area contributed by atoms with Gasteiger partial charge in [0.15, 0.2) is 0 Å². The molecule has 2 rings (SSSR count). The fourth-order valence-corrected chi connectivity index (χ4v) is 3.30. The van der Waals surface area contributed by atoms with Gasteiger partial charge in [0.2, 0.25) is 5.91 Å². The molecular weight excluding hydrogens is 282 g/mol. The van der Waals surface area contributed by atoms with Gasteiger partial charge in [-0.15, -0.1) is 0 Å². The molecule has 2 fully saturated rings. The van der Waals surface area contributed by atoms with Gasteiger partial charge in [-0.25, -0.2) is 4.79 Å². The van der Waals surface area contributed by atoms with Crippen molar-refractivity contribution in [3.8, 4) is 0 Å². The summed E-state index contributed by atoms with van der Waals surface area (Å²) < 4.78 is 0. The first-order valence-electron chi connectivity index (χ1n) is 8.05. The highest BCUT2D eigenvalue weighted by Gasteiger charge is 2.49. The van der Waals surface area contributed by atoms with Crippen molar-refractivity contribution in [1.82, 2.24) is 15.1 Å². The van der Waals surface area contributed by atoms with Gasteiger partial charge in [0.25, 0.3) is 5.91 Å². The number of rotatable bonds is 3. The van der Waals surface area contributed by atoms with E-state index in [1.54, 1.807) is 20.9 Å². The van der Waals surface area contributed by atoms with Gasteiger partial charge in [0, 0.05) is 13.1 Å². The Hall–Kier alpha value is -1.59. The second-order valence-corrected chi connectivity index (χ2v) is 7.23. The van der Waals surface area contributed by atoms with Crippen molar-refractivity contribution < 1.29 is 14.4 Å². The number of urea groups is 1. The monoisotopic (exact) mass is 309 g/mol. The Morgan fingerprint density at radius 3 is 2.45 bits per heavy atom. The highest BCUT2D eigenvalue weighted by molar-refractivity contribution is 6.08. The third-order valence-electron chi connectivity index (χ3n) is 5.48. The normalized spacial score (nSPS) is 31.6. The van der Waals surface area contributed by atoms with Gasteiger partial charge in [-0.2, -0.15) is 0 Å². The third-order valence-corrected chi connectivity index (χ3v) is 5.48. The molecule has 0 aromatic heterocycles. The van der Waals surface area contributed by atoms with E-state index in [0.29, 0.717) is 11.8 Å². The number of imide groups is 1. The zero-order chi connectivity index (χ0) is 16.7. The maximum Gasteiger partial charge on any atom is 0.327 e. The Morgan fingerprint density at radius 2 is 1.91 bits per heavy atom. The number of amides is 4. The number of hydrogen-bond donors (Lipinski definition) is 1. The lowest BCUT2D eigenvalue weighted by atomic mass is 9.78. The van der Waals surface area contributed by atoms with E-state index in [9.17, 15) is 14.4 Å². The zero-order valence-corrected chi connectivity index (χ0v) is 14.2. The summed E-state index contributed by atoms with van der Waals surface area (Å²) in [6.45, 7) is 7.54. The van der Waals surface area contributed by atoms with Crippen molar-refractivity contribution >= 4 is 17.8 Å². The summed E-state index contributed by atoms with van der Waals surface area (Å²) in [5.74, 6) is 0.430. The molecule has 1 saturated heterocycles. The van der Waals surface area contributed by atoms with E-state index < -0.39 is 11.6 Å².